The molecule has 0 heterocycles. The van der Waals surface area contributed by atoms with Gasteiger partial charge < -0.3 is 20.1 Å². The topological polar surface area (TPSA) is 87.0 Å². The van der Waals surface area contributed by atoms with E-state index in [9.17, 15) is 4.79 Å². The molecule has 0 atom stereocenters. The smallest absolute Gasteiger partial charge is 0.302 e. The zero-order valence-corrected chi connectivity index (χ0v) is 19.5. The van der Waals surface area contributed by atoms with Gasteiger partial charge >= 0.3 is 5.97 Å². The van der Waals surface area contributed by atoms with Crippen LogP contribution in [0.1, 0.15) is 53.9 Å². The molecule has 0 saturated carbocycles. The van der Waals surface area contributed by atoms with E-state index in [1.165, 1.54) is 6.92 Å². The summed E-state index contributed by atoms with van der Waals surface area (Å²) in [5.41, 5.74) is 0. The van der Waals surface area contributed by atoms with E-state index < -0.39 is 0 Å². The van der Waals surface area contributed by atoms with E-state index in [2.05, 4.69) is 4.74 Å². The molecule has 0 saturated heterocycles. The summed E-state index contributed by atoms with van der Waals surface area (Å²) in [4.78, 5) is 10.3. The van der Waals surface area contributed by atoms with Gasteiger partial charge in [-0.25, -0.2) is 0 Å². The molecule has 0 aromatic heterocycles. The molecule has 0 fully saturated rings. The molecule has 30 heavy (non-hydrogen) atoms. The number of allylic oxidation sites excluding steroid dienone is 8. The molecule has 0 spiro atoms. The summed E-state index contributed by atoms with van der Waals surface area (Å²) in [6, 6.07) is 0. The van der Waals surface area contributed by atoms with Gasteiger partial charge in [0.15, 0.2) is 0 Å². The summed E-state index contributed by atoms with van der Waals surface area (Å²) in [6.45, 7) is 10.1. The number of carbonyl (C=O) groups excluding carboxylic acids is 1. The Morgan fingerprint density at radius 2 is 1.10 bits per heavy atom. The Hall–Kier alpha value is -2.21. The minimum absolute atomic E-state index is 0.150. The molecule has 0 aliphatic rings. The van der Waals surface area contributed by atoms with Crippen molar-refractivity contribution in [1.29, 1.82) is 0 Å². The van der Waals surface area contributed by atoms with Crippen LogP contribution < -0.4 is 0 Å². The molecule has 0 aliphatic heterocycles. The highest BCUT2D eigenvalue weighted by Gasteiger charge is 1.85. The lowest BCUT2D eigenvalue weighted by Crippen LogP contribution is -1.97. The normalized spacial score (nSPS) is 10.9. The predicted molar refractivity (Wildman–Crippen MR) is 129 cm³/mol. The average molecular weight is 425 g/mol. The Morgan fingerprint density at radius 3 is 1.40 bits per heavy atom. The lowest BCUT2D eigenvalue weighted by Gasteiger charge is -1.93. The van der Waals surface area contributed by atoms with Crippen LogP contribution >= 0.6 is 0 Å². The van der Waals surface area contributed by atoms with E-state index in [1.807, 2.05) is 76.3 Å². The third kappa shape index (κ3) is 63.6. The van der Waals surface area contributed by atoms with Crippen molar-refractivity contribution in [3.63, 3.8) is 0 Å². The van der Waals surface area contributed by atoms with Crippen LogP contribution in [0.4, 0.5) is 0 Å². The van der Waals surface area contributed by atoms with E-state index in [-0.39, 0.29) is 25.8 Å². The van der Waals surface area contributed by atoms with Crippen molar-refractivity contribution in [1.82, 2.24) is 0 Å². The van der Waals surface area contributed by atoms with Crippen LogP contribution in [0.25, 0.3) is 0 Å². The molecule has 0 radical (unpaired) electrons. The number of ether oxygens (including phenoxy) is 1. The van der Waals surface area contributed by atoms with E-state index >= 15 is 0 Å². The summed E-state index contributed by atoms with van der Waals surface area (Å²) in [6.07, 6.45) is 25.5. The highest BCUT2D eigenvalue weighted by molar-refractivity contribution is 5.65. The first-order valence-electron chi connectivity index (χ1n) is 10.3. The fourth-order valence-electron chi connectivity index (χ4n) is 1.28. The van der Waals surface area contributed by atoms with Gasteiger partial charge in [-0.1, -0.05) is 79.8 Å². The zero-order chi connectivity index (χ0) is 23.7. The second kappa shape index (κ2) is 41.2. The van der Waals surface area contributed by atoms with Gasteiger partial charge in [0.2, 0.25) is 0 Å². The summed E-state index contributed by atoms with van der Waals surface area (Å²) in [7, 11) is 0. The molecule has 0 aliphatic carbocycles. The highest BCUT2D eigenvalue weighted by atomic mass is 16.5. The standard InChI is InChI=1S/C9H14O2.C7H12O.C5H10O.C4H8O/c1-3-4-5-6-7-8-11-9(2)10;1-2-3-4-5-6-7-8;1-2-3-4-5-6;1-2-3-4-5/h3-4,6-7H,5,8H2,1-2H3;2-3,5-6,8H,4,7H2,1H3;3-4,6H,2,5H2,1H3;2-3,5H,4H2,1H3/b4-3+,7-6-;3-2+,6-5-;4-3-;3-2-. The second-order valence-electron chi connectivity index (χ2n) is 5.35. The Morgan fingerprint density at radius 1 is 0.667 bits per heavy atom. The molecule has 3 N–H and O–H groups in total. The number of aliphatic hydroxyl groups excluding tert-OH is 3. The molecule has 5 nitrogen and oxygen atoms in total. The van der Waals surface area contributed by atoms with Crippen LogP contribution in [-0.4, -0.2) is 47.7 Å². The van der Waals surface area contributed by atoms with Gasteiger partial charge in [0.1, 0.15) is 6.61 Å². The molecule has 0 aromatic carbocycles. The Labute approximate surface area is 184 Å². The highest BCUT2D eigenvalue weighted by Crippen LogP contribution is 1.86. The maximum absolute atomic E-state index is 10.3. The number of esters is 1. The summed E-state index contributed by atoms with van der Waals surface area (Å²) < 4.78 is 4.67. The lowest BCUT2D eigenvalue weighted by atomic mass is 10.3. The summed E-state index contributed by atoms with van der Waals surface area (Å²) in [5.74, 6) is -0.235. The van der Waals surface area contributed by atoms with Crippen LogP contribution in [-0.2, 0) is 9.53 Å². The van der Waals surface area contributed by atoms with Crippen molar-refractivity contribution in [2.45, 2.75) is 53.9 Å². The fourth-order valence-corrected chi connectivity index (χ4v) is 1.28. The first-order chi connectivity index (χ1) is 14.5. The van der Waals surface area contributed by atoms with Crippen molar-refractivity contribution in [2.75, 3.05) is 26.4 Å². The van der Waals surface area contributed by atoms with Crippen molar-refractivity contribution >= 4 is 5.97 Å². The van der Waals surface area contributed by atoms with Gasteiger partial charge in [0.05, 0.1) is 19.8 Å². The SMILES string of the molecule is C/C=C/C/C=C\CO.C/C=C/C/C=C\COC(C)=O.C/C=C\CO.CC/C=C\CO. The van der Waals surface area contributed by atoms with E-state index in [0.717, 1.165) is 19.3 Å². The van der Waals surface area contributed by atoms with Crippen LogP contribution in [0.2, 0.25) is 0 Å². The molecular weight excluding hydrogens is 380 g/mol. The first-order valence-corrected chi connectivity index (χ1v) is 10.3. The van der Waals surface area contributed by atoms with Crippen LogP contribution in [0.15, 0.2) is 72.9 Å². The predicted octanol–water partition coefficient (Wildman–Crippen LogP) is 5.07. The first kappa shape index (κ1) is 35.2. The van der Waals surface area contributed by atoms with Crippen molar-refractivity contribution < 1.29 is 24.9 Å². The largest absolute Gasteiger partial charge is 0.462 e. The zero-order valence-electron chi connectivity index (χ0n) is 19.5. The fraction of sp³-hybridized carbons (Fsp3) is 0.480. The van der Waals surface area contributed by atoms with E-state index in [4.69, 9.17) is 15.3 Å². The van der Waals surface area contributed by atoms with Gasteiger partial charge in [-0.3, -0.25) is 4.79 Å². The number of rotatable bonds is 10. The number of carbonyl (C=O) groups is 1. The number of aliphatic hydroxyl groups is 3. The molecule has 174 valence electrons. The van der Waals surface area contributed by atoms with Gasteiger partial charge in [0.25, 0.3) is 0 Å². The number of hydrogen-bond donors (Lipinski definition) is 3. The van der Waals surface area contributed by atoms with E-state index in [1.54, 1.807) is 24.3 Å². The van der Waals surface area contributed by atoms with E-state index in [0.29, 0.717) is 6.61 Å². The molecule has 5 heteroatoms. The molecule has 0 amide bonds. The average Bonchev–Trinajstić information content (AvgIpc) is 2.74. The second-order valence-corrected chi connectivity index (χ2v) is 5.35. The Bertz CT molecular complexity index is 466. The molecule has 0 bridgehead atoms. The van der Waals surface area contributed by atoms with Crippen molar-refractivity contribution in [3.05, 3.63) is 72.9 Å². The molecule has 0 rings (SSSR count). The quantitative estimate of drug-likeness (QED) is 0.336. The number of hydrogen-bond acceptors (Lipinski definition) is 5. The third-order valence-electron chi connectivity index (χ3n) is 2.69. The van der Waals surface area contributed by atoms with Gasteiger partial charge in [0, 0.05) is 6.92 Å². The van der Waals surface area contributed by atoms with Gasteiger partial charge in [-0.2, -0.15) is 0 Å². The van der Waals surface area contributed by atoms with Crippen LogP contribution in [0.5, 0.6) is 0 Å². The molecule has 0 aromatic rings. The lowest BCUT2D eigenvalue weighted by molar-refractivity contribution is -0.139. The Balaban J connectivity index is -0.000000158. The minimum Gasteiger partial charge on any atom is -0.462 e. The van der Waals surface area contributed by atoms with Gasteiger partial charge in [-0.15, -0.1) is 0 Å². The maximum atomic E-state index is 10.3. The summed E-state index contributed by atoms with van der Waals surface area (Å²) in [5, 5.41) is 24.3. The van der Waals surface area contributed by atoms with Crippen molar-refractivity contribution in [3.8, 4) is 0 Å². The van der Waals surface area contributed by atoms with Gasteiger partial charge in [-0.05, 0) is 40.0 Å². The molecular formula is C25H44O5. The third-order valence-corrected chi connectivity index (χ3v) is 2.69. The monoisotopic (exact) mass is 424 g/mol. The maximum Gasteiger partial charge on any atom is 0.302 e. The van der Waals surface area contributed by atoms with Crippen LogP contribution in [0, 0.1) is 0 Å². The summed E-state index contributed by atoms with van der Waals surface area (Å²) >= 11 is 0. The Kier molecular flexibility index (Phi) is 48.4. The van der Waals surface area contributed by atoms with Crippen molar-refractivity contribution in [2.24, 2.45) is 0 Å². The molecule has 0 unspecified atom stereocenters. The minimum atomic E-state index is -0.235. The van der Waals surface area contributed by atoms with Crippen LogP contribution in [0.3, 0.4) is 0 Å².